The fourth-order valence-corrected chi connectivity index (χ4v) is 2.52. The predicted molar refractivity (Wildman–Crippen MR) is 83.8 cm³/mol. The molecule has 0 aromatic heterocycles. The van der Waals surface area contributed by atoms with Gasteiger partial charge in [0.1, 0.15) is 11.6 Å². The number of hydrogen-bond donors (Lipinski definition) is 1. The number of rotatable bonds is 3. The van der Waals surface area contributed by atoms with Crippen molar-refractivity contribution in [1.29, 1.82) is 5.26 Å². The Morgan fingerprint density at radius 1 is 1.21 bits per heavy atom. The van der Waals surface area contributed by atoms with Gasteiger partial charge >= 0.3 is 6.18 Å². The standard InChI is InChI=1S/C17H18F3N3O/c18-17(19,20)14-6-5-7-15(10-14)22-16(24)13(11-21)12-23-8-3-1-2-4-9-23/h5-7,10,12H,1-4,8-9H2,(H,22,24)/b13-12-. The smallest absolute Gasteiger partial charge is 0.376 e. The Labute approximate surface area is 138 Å². The number of alkyl halides is 3. The summed E-state index contributed by atoms with van der Waals surface area (Å²) in [6.07, 6.45) is 1.22. The second-order valence-electron chi connectivity index (χ2n) is 5.64. The molecule has 0 spiro atoms. The Bertz CT molecular complexity index is 654. The normalized spacial score (nSPS) is 16.2. The van der Waals surface area contributed by atoms with Gasteiger partial charge in [-0.2, -0.15) is 18.4 Å². The summed E-state index contributed by atoms with van der Waals surface area (Å²) in [5.41, 5.74) is -0.962. The fourth-order valence-electron chi connectivity index (χ4n) is 2.52. The van der Waals surface area contributed by atoms with E-state index in [0.717, 1.165) is 50.9 Å². The Balaban J connectivity index is 2.11. The molecule has 0 radical (unpaired) electrons. The van der Waals surface area contributed by atoms with E-state index in [-0.39, 0.29) is 11.3 Å². The lowest BCUT2D eigenvalue weighted by Crippen LogP contribution is -2.22. The van der Waals surface area contributed by atoms with Crippen molar-refractivity contribution in [1.82, 2.24) is 4.90 Å². The third-order valence-electron chi connectivity index (χ3n) is 3.77. The summed E-state index contributed by atoms with van der Waals surface area (Å²) in [6.45, 7) is 1.53. The largest absolute Gasteiger partial charge is 0.416 e. The maximum Gasteiger partial charge on any atom is 0.416 e. The third kappa shape index (κ3) is 5.01. The van der Waals surface area contributed by atoms with E-state index in [2.05, 4.69) is 5.32 Å². The maximum atomic E-state index is 12.7. The highest BCUT2D eigenvalue weighted by Gasteiger charge is 2.30. The molecule has 1 aromatic rings. The molecule has 24 heavy (non-hydrogen) atoms. The number of nitriles is 1. The van der Waals surface area contributed by atoms with Gasteiger partial charge in [0, 0.05) is 25.0 Å². The van der Waals surface area contributed by atoms with E-state index in [9.17, 15) is 23.2 Å². The van der Waals surface area contributed by atoms with Gasteiger partial charge in [-0.05, 0) is 31.0 Å². The zero-order valence-corrected chi connectivity index (χ0v) is 13.1. The van der Waals surface area contributed by atoms with Crippen molar-refractivity contribution in [3.8, 4) is 6.07 Å². The number of amides is 1. The van der Waals surface area contributed by atoms with Crippen LogP contribution in [0.5, 0.6) is 0 Å². The molecule has 1 aliphatic heterocycles. The molecule has 1 aliphatic rings. The molecule has 2 rings (SSSR count). The minimum absolute atomic E-state index is 0.00633. The first kappa shape index (κ1) is 17.9. The predicted octanol–water partition coefficient (Wildman–Crippen LogP) is 3.93. The molecule has 0 bridgehead atoms. The fraction of sp³-hybridized carbons (Fsp3) is 0.412. The molecule has 0 aliphatic carbocycles. The quantitative estimate of drug-likeness (QED) is 0.672. The van der Waals surface area contributed by atoms with Gasteiger partial charge < -0.3 is 10.2 Å². The number of halogens is 3. The first-order valence-corrected chi connectivity index (χ1v) is 7.75. The molecule has 0 saturated carbocycles. The Kier molecular flexibility index (Phi) is 5.85. The number of carbonyl (C=O) groups is 1. The van der Waals surface area contributed by atoms with Crippen LogP contribution in [0.4, 0.5) is 18.9 Å². The number of nitrogens with one attached hydrogen (secondary N) is 1. The molecule has 7 heteroatoms. The van der Waals surface area contributed by atoms with Crippen LogP contribution in [0.3, 0.4) is 0 Å². The second-order valence-corrected chi connectivity index (χ2v) is 5.64. The van der Waals surface area contributed by atoms with Crippen LogP contribution in [0, 0.1) is 11.3 Å². The molecule has 1 fully saturated rings. The van der Waals surface area contributed by atoms with E-state index >= 15 is 0 Å². The van der Waals surface area contributed by atoms with E-state index in [1.165, 1.54) is 18.3 Å². The van der Waals surface area contributed by atoms with Crippen LogP contribution >= 0.6 is 0 Å². The molecule has 4 nitrogen and oxygen atoms in total. The van der Waals surface area contributed by atoms with Gasteiger partial charge in [-0.25, -0.2) is 0 Å². The number of hydrogen-bond acceptors (Lipinski definition) is 3. The number of benzene rings is 1. The topological polar surface area (TPSA) is 56.1 Å². The van der Waals surface area contributed by atoms with Gasteiger partial charge in [-0.15, -0.1) is 0 Å². The Hall–Kier alpha value is -2.49. The van der Waals surface area contributed by atoms with Crippen molar-refractivity contribution < 1.29 is 18.0 Å². The van der Waals surface area contributed by atoms with E-state index in [0.29, 0.717) is 0 Å². The second kappa shape index (κ2) is 7.86. The summed E-state index contributed by atoms with van der Waals surface area (Å²) < 4.78 is 38.1. The molecule has 1 N–H and O–H groups in total. The zero-order valence-electron chi connectivity index (χ0n) is 13.1. The lowest BCUT2D eigenvalue weighted by atomic mass is 10.2. The van der Waals surface area contributed by atoms with Crippen molar-refractivity contribution in [2.24, 2.45) is 0 Å². The van der Waals surface area contributed by atoms with E-state index in [4.69, 9.17) is 0 Å². The van der Waals surface area contributed by atoms with Crippen LogP contribution < -0.4 is 5.32 Å². The van der Waals surface area contributed by atoms with Gasteiger partial charge in [-0.1, -0.05) is 18.9 Å². The number of carbonyl (C=O) groups excluding carboxylic acids is 1. The van der Waals surface area contributed by atoms with Crippen molar-refractivity contribution in [2.45, 2.75) is 31.9 Å². The van der Waals surface area contributed by atoms with Gasteiger partial charge in [0.2, 0.25) is 0 Å². The van der Waals surface area contributed by atoms with Crippen LogP contribution in [-0.4, -0.2) is 23.9 Å². The van der Waals surface area contributed by atoms with Crippen LogP contribution in [0.1, 0.15) is 31.2 Å². The first-order valence-electron chi connectivity index (χ1n) is 7.75. The molecule has 1 saturated heterocycles. The lowest BCUT2D eigenvalue weighted by molar-refractivity contribution is -0.137. The highest BCUT2D eigenvalue weighted by Crippen LogP contribution is 2.30. The average molecular weight is 337 g/mol. The number of likely N-dealkylation sites (tertiary alicyclic amines) is 1. The summed E-state index contributed by atoms with van der Waals surface area (Å²) in [7, 11) is 0. The summed E-state index contributed by atoms with van der Waals surface area (Å²) in [5.74, 6) is -0.707. The van der Waals surface area contributed by atoms with Crippen LogP contribution in [0.25, 0.3) is 0 Å². The van der Waals surface area contributed by atoms with E-state index in [1.54, 1.807) is 0 Å². The molecule has 128 valence electrons. The molecule has 1 amide bonds. The van der Waals surface area contributed by atoms with Crippen molar-refractivity contribution in [2.75, 3.05) is 18.4 Å². The molecule has 0 unspecified atom stereocenters. The van der Waals surface area contributed by atoms with Gasteiger partial charge in [0.05, 0.1) is 5.56 Å². The van der Waals surface area contributed by atoms with E-state index < -0.39 is 17.6 Å². The van der Waals surface area contributed by atoms with E-state index in [1.807, 2.05) is 11.0 Å². The molecular weight excluding hydrogens is 319 g/mol. The third-order valence-corrected chi connectivity index (χ3v) is 3.77. The SMILES string of the molecule is N#C/C(=C/N1CCCCCC1)C(=O)Nc1cccc(C(F)(F)F)c1. The number of nitrogens with zero attached hydrogens (tertiary/aromatic N) is 2. The monoisotopic (exact) mass is 337 g/mol. The number of anilines is 1. The summed E-state index contributed by atoms with van der Waals surface area (Å²) in [4.78, 5) is 14.1. The molecule has 0 atom stereocenters. The van der Waals surface area contributed by atoms with Crippen LogP contribution in [-0.2, 0) is 11.0 Å². The minimum Gasteiger partial charge on any atom is -0.376 e. The maximum absolute atomic E-state index is 12.7. The Morgan fingerprint density at radius 2 is 1.88 bits per heavy atom. The van der Waals surface area contributed by atoms with Crippen molar-refractivity contribution >= 4 is 11.6 Å². The summed E-state index contributed by atoms with van der Waals surface area (Å²) in [6, 6.07) is 6.16. The molecular formula is C17H18F3N3O. The minimum atomic E-state index is -4.49. The highest BCUT2D eigenvalue weighted by atomic mass is 19.4. The van der Waals surface area contributed by atoms with Crippen LogP contribution in [0.2, 0.25) is 0 Å². The average Bonchev–Trinajstić information content (AvgIpc) is 2.80. The first-order chi connectivity index (χ1) is 11.4. The van der Waals surface area contributed by atoms with Gasteiger partial charge in [0.25, 0.3) is 5.91 Å². The van der Waals surface area contributed by atoms with Crippen molar-refractivity contribution in [3.05, 3.63) is 41.6 Å². The molecule has 1 heterocycles. The summed E-state index contributed by atoms with van der Waals surface area (Å²) >= 11 is 0. The van der Waals surface area contributed by atoms with Crippen molar-refractivity contribution in [3.63, 3.8) is 0 Å². The van der Waals surface area contributed by atoms with Gasteiger partial charge in [0.15, 0.2) is 0 Å². The summed E-state index contributed by atoms with van der Waals surface area (Å²) in [5, 5.41) is 11.5. The Morgan fingerprint density at radius 3 is 2.46 bits per heavy atom. The van der Waals surface area contributed by atoms with Gasteiger partial charge in [-0.3, -0.25) is 4.79 Å². The lowest BCUT2D eigenvalue weighted by Gasteiger charge is -2.17. The molecule has 1 aromatic carbocycles. The van der Waals surface area contributed by atoms with Crippen LogP contribution in [0.15, 0.2) is 36.0 Å². The highest BCUT2D eigenvalue weighted by molar-refractivity contribution is 6.06. The zero-order chi connectivity index (χ0) is 17.6.